The molecule has 2 rings (SSSR count). The molecule has 0 aliphatic rings. The fourth-order valence-corrected chi connectivity index (χ4v) is 2.67. The SMILES string of the molecule is CC(=O)N(CCCc1ccccc1)CC(=O)Nc1ccccc1C(F)(F)F. The van der Waals surface area contributed by atoms with E-state index in [9.17, 15) is 22.8 Å². The highest BCUT2D eigenvalue weighted by molar-refractivity contribution is 5.95. The highest BCUT2D eigenvalue weighted by atomic mass is 19.4. The summed E-state index contributed by atoms with van der Waals surface area (Å²) in [6, 6.07) is 14.4. The maximum absolute atomic E-state index is 13.0. The molecule has 0 bridgehead atoms. The Morgan fingerprint density at radius 1 is 1.00 bits per heavy atom. The molecule has 0 unspecified atom stereocenters. The molecule has 2 aromatic carbocycles. The summed E-state index contributed by atoms with van der Waals surface area (Å²) in [5.41, 5.74) is -0.121. The van der Waals surface area contributed by atoms with Crippen LogP contribution < -0.4 is 5.32 Å². The average molecular weight is 378 g/mol. The average Bonchev–Trinajstić information content (AvgIpc) is 2.61. The van der Waals surface area contributed by atoms with E-state index in [2.05, 4.69) is 5.32 Å². The second-order valence-corrected chi connectivity index (χ2v) is 6.12. The monoisotopic (exact) mass is 378 g/mol. The summed E-state index contributed by atoms with van der Waals surface area (Å²) < 4.78 is 39.0. The lowest BCUT2D eigenvalue weighted by Gasteiger charge is -2.21. The molecule has 0 heterocycles. The minimum atomic E-state index is -4.57. The van der Waals surface area contributed by atoms with Crippen molar-refractivity contribution in [3.05, 3.63) is 65.7 Å². The van der Waals surface area contributed by atoms with Crippen molar-refractivity contribution < 1.29 is 22.8 Å². The van der Waals surface area contributed by atoms with Gasteiger partial charge in [-0.1, -0.05) is 42.5 Å². The number of anilines is 1. The van der Waals surface area contributed by atoms with Gasteiger partial charge < -0.3 is 10.2 Å². The van der Waals surface area contributed by atoms with Crippen molar-refractivity contribution in [3.63, 3.8) is 0 Å². The first-order chi connectivity index (χ1) is 12.8. The Labute approximate surface area is 156 Å². The van der Waals surface area contributed by atoms with Crippen LogP contribution in [-0.4, -0.2) is 29.8 Å². The van der Waals surface area contributed by atoms with Crippen molar-refractivity contribution in [1.29, 1.82) is 0 Å². The van der Waals surface area contributed by atoms with Gasteiger partial charge in [-0.2, -0.15) is 13.2 Å². The van der Waals surface area contributed by atoms with Crippen LogP contribution in [0.15, 0.2) is 54.6 Å². The van der Waals surface area contributed by atoms with Crippen LogP contribution >= 0.6 is 0 Å². The summed E-state index contributed by atoms with van der Waals surface area (Å²) in [5.74, 6) is -0.969. The van der Waals surface area contributed by atoms with E-state index in [1.54, 1.807) is 0 Å². The summed E-state index contributed by atoms with van der Waals surface area (Å²) in [5, 5.41) is 2.26. The largest absolute Gasteiger partial charge is 0.418 e. The first-order valence-corrected chi connectivity index (χ1v) is 8.53. The van der Waals surface area contributed by atoms with Gasteiger partial charge in [0.2, 0.25) is 11.8 Å². The molecular weight excluding hydrogens is 357 g/mol. The van der Waals surface area contributed by atoms with Gasteiger partial charge in [-0.3, -0.25) is 9.59 Å². The number of nitrogens with one attached hydrogen (secondary N) is 1. The molecule has 144 valence electrons. The zero-order valence-electron chi connectivity index (χ0n) is 14.9. The second kappa shape index (κ2) is 9.21. The molecule has 0 fully saturated rings. The lowest BCUT2D eigenvalue weighted by atomic mass is 10.1. The van der Waals surface area contributed by atoms with Crippen molar-refractivity contribution in [2.75, 3.05) is 18.4 Å². The molecule has 0 aliphatic heterocycles. The molecule has 0 saturated carbocycles. The van der Waals surface area contributed by atoms with Gasteiger partial charge in [0, 0.05) is 13.5 Å². The summed E-state index contributed by atoms with van der Waals surface area (Å²) in [6.45, 7) is 1.38. The number of nitrogens with zero attached hydrogens (tertiary/aromatic N) is 1. The molecule has 0 aromatic heterocycles. The number of para-hydroxylation sites is 1. The molecule has 1 N–H and O–H groups in total. The van der Waals surface area contributed by atoms with Gasteiger partial charge in [-0.15, -0.1) is 0 Å². The van der Waals surface area contributed by atoms with Crippen molar-refractivity contribution in [3.8, 4) is 0 Å². The Hall–Kier alpha value is -2.83. The van der Waals surface area contributed by atoms with Crippen LogP contribution in [0.2, 0.25) is 0 Å². The van der Waals surface area contributed by atoms with Crippen LogP contribution in [-0.2, 0) is 22.2 Å². The predicted molar refractivity (Wildman–Crippen MR) is 97.1 cm³/mol. The van der Waals surface area contributed by atoms with Crippen LogP contribution in [0.1, 0.15) is 24.5 Å². The molecular formula is C20H21F3N2O2. The number of carbonyl (C=O) groups is 2. The van der Waals surface area contributed by atoms with E-state index in [1.165, 1.54) is 30.0 Å². The van der Waals surface area contributed by atoms with E-state index in [0.29, 0.717) is 13.0 Å². The van der Waals surface area contributed by atoms with E-state index < -0.39 is 17.6 Å². The molecule has 2 aromatic rings. The Bertz CT molecular complexity index is 776. The van der Waals surface area contributed by atoms with Gasteiger partial charge in [0.25, 0.3) is 0 Å². The number of alkyl halides is 3. The van der Waals surface area contributed by atoms with Crippen molar-refractivity contribution in [1.82, 2.24) is 4.90 Å². The number of amides is 2. The van der Waals surface area contributed by atoms with Gasteiger partial charge in [0.15, 0.2) is 0 Å². The summed E-state index contributed by atoms with van der Waals surface area (Å²) in [7, 11) is 0. The number of benzene rings is 2. The first-order valence-electron chi connectivity index (χ1n) is 8.53. The van der Waals surface area contributed by atoms with Gasteiger partial charge >= 0.3 is 6.18 Å². The Morgan fingerprint density at radius 2 is 1.63 bits per heavy atom. The van der Waals surface area contributed by atoms with Gasteiger partial charge in [0.1, 0.15) is 0 Å². The molecule has 7 heteroatoms. The lowest BCUT2D eigenvalue weighted by molar-refractivity contribution is -0.137. The number of hydrogen-bond donors (Lipinski definition) is 1. The third-order valence-corrected chi connectivity index (χ3v) is 4.02. The maximum Gasteiger partial charge on any atom is 0.418 e. The summed E-state index contributed by atoms with van der Waals surface area (Å²) in [4.78, 5) is 25.3. The number of aryl methyl sites for hydroxylation is 1. The van der Waals surface area contributed by atoms with E-state index >= 15 is 0 Å². The van der Waals surface area contributed by atoms with Crippen LogP contribution in [0, 0.1) is 0 Å². The Kier molecular flexibility index (Phi) is 6.98. The standard InChI is InChI=1S/C20H21F3N2O2/c1-15(26)25(13-7-10-16-8-3-2-4-9-16)14-19(27)24-18-12-6-5-11-17(18)20(21,22)23/h2-6,8-9,11-12H,7,10,13-14H2,1H3,(H,24,27). The topological polar surface area (TPSA) is 49.4 Å². The quantitative estimate of drug-likeness (QED) is 0.788. The van der Waals surface area contributed by atoms with Crippen molar-refractivity contribution >= 4 is 17.5 Å². The van der Waals surface area contributed by atoms with Gasteiger partial charge in [0.05, 0.1) is 17.8 Å². The van der Waals surface area contributed by atoms with Gasteiger partial charge in [-0.05, 0) is 30.5 Å². The number of carbonyl (C=O) groups excluding carboxylic acids is 2. The van der Waals surface area contributed by atoms with Crippen molar-refractivity contribution in [2.24, 2.45) is 0 Å². The highest BCUT2D eigenvalue weighted by Crippen LogP contribution is 2.34. The Morgan fingerprint density at radius 3 is 2.26 bits per heavy atom. The molecule has 0 saturated heterocycles. The first kappa shape index (κ1) is 20.5. The van der Waals surface area contributed by atoms with E-state index in [0.717, 1.165) is 18.1 Å². The van der Waals surface area contributed by atoms with E-state index in [1.807, 2.05) is 30.3 Å². The lowest BCUT2D eigenvalue weighted by Crippen LogP contribution is -2.37. The van der Waals surface area contributed by atoms with Crippen LogP contribution in [0.4, 0.5) is 18.9 Å². The highest BCUT2D eigenvalue weighted by Gasteiger charge is 2.33. The molecule has 0 atom stereocenters. The molecule has 0 aliphatic carbocycles. The normalized spacial score (nSPS) is 11.1. The number of hydrogen-bond acceptors (Lipinski definition) is 2. The fourth-order valence-electron chi connectivity index (χ4n) is 2.67. The van der Waals surface area contributed by atoms with Crippen LogP contribution in [0.5, 0.6) is 0 Å². The second-order valence-electron chi connectivity index (χ2n) is 6.12. The number of rotatable bonds is 7. The predicted octanol–water partition coefficient (Wildman–Crippen LogP) is 4.13. The van der Waals surface area contributed by atoms with E-state index in [4.69, 9.17) is 0 Å². The van der Waals surface area contributed by atoms with Crippen LogP contribution in [0.25, 0.3) is 0 Å². The summed E-state index contributed by atoms with van der Waals surface area (Å²) in [6.07, 6.45) is -3.18. The van der Waals surface area contributed by atoms with Crippen LogP contribution in [0.3, 0.4) is 0 Å². The molecule has 2 amide bonds. The molecule has 4 nitrogen and oxygen atoms in total. The molecule has 0 spiro atoms. The third-order valence-electron chi connectivity index (χ3n) is 4.02. The van der Waals surface area contributed by atoms with Crippen molar-refractivity contribution in [2.45, 2.75) is 25.9 Å². The smallest absolute Gasteiger partial charge is 0.334 e. The zero-order chi connectivity index (χ0) is 19.9. The molecule has 0 radical (unpaired) electrons. The third kappa shape index (κ3) is 6.44. The minimum Gasteiger partial charge on any atom is -0.334 e. The van der Waals surface area contributed by atoms with E-state index in [-0.39, 0.29) is 18.1 Å². The Balaban J connectivity index is 1.94. The molecule has 27 heavy (non-hydrogen) atoms. The number of halogens is 3. The minimum absolute atomic E-state index is 0.295. The fraction of sp³-hybridized carbons (Fsp3) is 0.300. The van der Waals surface area contributed by atoms with Gasteiger partial charge in [-0.25, -0.2) is 0 Å². The maximum atomic E-state index is 13.0. The zero-order valence-corrected chi connectivity index (χ0v) is 14.9. The summed E-state index contributed by atoms with van der Waals surface area (Å²) >= 11 is 0.